The molecule has 0 fully saturated rings. The van der Waals surface area contributed by atoms with Crippen LogP contribution in [-0.2, 0) is 14.3 Å². The van der Waals surface area contributed by atoms with Crippen molar-refractivity contribution in [1.82, 2.24) is 0 Å². The van der Waals surface area contributed by atoms with Gasteiger partial charge < -0.3 is 9.47 Å². The Morgan fingerprint density at radius 3 is 2.41 bits per heavy atom. The SMILES string of the molecule is CCOC(=O)C1(C(=C(C#N)C#N)c2ccccc2)CC=C(c2ccc3ccccc3c2)COC1. The van der Waals surface area contributed by atoms with Gasteiger partial charge in [-0.25, -0.2) is 0 Å². The van der Waals surface area contributed by atoms with E-state index in [1.54, 1.807) is 19.1 Å². The summed E-state index contributed by atoms with van der Waals surface area (Å²) >= 11 is 0. The monoisotopic (exact) mass is 448 g/mol. The number of esters is 1. The molecule has 0 amide bonds. The molecule has 0 aliphatic carbocycles. The van der Waals surface area contributed by atoms with Crippen LogP contribution in [0.2, 0.25) is 0 Å². The summed E-state index contributed by atoms with van der Waals surface area (Å²) in [6, 6.07) is 27.4. The first kappa shape index (κ1) is 23.0. The molecule has 1 unspecified atom stereocenters. The molecule has 0 N–H and O–H groups in total. The van der Waals surface area contributed by atoms with Crippen molar-refractivity contribution in [2.75, 3.05) is 19.8 Å². The summed E-state index contributed by atoms with van der Waals surface area (Å²) in [5.74, 6) is -0.507. The number of hydrogen-bond donors (Lipinski definition) is 0. The van der Waals surface area contributed by atoms with Crippen LogP contribution in [0.15, 0.2) is 84.4 Å². The lowest BCUT2D eigenvalue weighted by molar-refractivity contribution is -0.154. The van der Waals surface area contributed by atoms with E-state index in [0.29, 0.717) is 17.7 Å². The third kappa shape index (κ3) is 4.35. The fourth-order valence-corrected chi connectivity index (χ4v) is 4.43. The number of carbonyl (C=O) groups is 1. The van der Waals surface area contributed by atoms with E-state index in [-0.39, 0.29) is 25.2 Å². The summed E-state index contributed by atoms with van der Waals surface area (Å²) in [6.07, 6.45) is 2.22. The lowest BCUT2D eigenvalue weighted by Crippen LogP contribution is -2.38. The van der Waals surface area contributed by atoms with Gasteiger partial charge in [-0.3, -0.25) is 4.79 Å². The number of rotatable bonds is 5. The molecule has 5 heteroatoms. The van der Waals surface area contributed by atoms with Gasteiger partial charge >= 0.3 is 5.97 Å². The molecule has 5 nitrogen and oxygen atoms in total. The van der Waals surface area contributed by atoms with Crippen LogP contribution < -0.4 is 0 Å². The zero-order valence-corrected chi connectivity index (χ0v) is 19.0. The molecule has 3 aromatic carbocycles. The highest BCUT2D eigenvalue weighted by molar-refractivity contribution is 5.97. The van der Waals surface area contributed by atoms with Crippen molar-refractivity contribution in [3.8, 4) is 12.1 Å². The van der Waals surface area contributed by atoms with E-state index in [1.165, 1.54) is 0 Å². The number of allylic oxidation sites excluding steroid dienone is 2. The molecule has 0 radical (unpaired) electrons. The third-order valence-corrected chi connectivity index (χ3v) is 6.10. The Labute approximate surface area is 199 Å². The van der Waals surface area contributed by atoms with Gasteiger partial charge in [-0.2, -0.15) is 10.5 Å². The standard InChI is InChI=1S/C29H24N2O3/c1-2-34-28(32)29(27(26(17-30)18-31)22-9-4-3-5-10-22)15-14-25(19-33-20-29)24-13-12-21-8-6-7-11-23(21)16-24/h3-14,16H,2,15,19-20H2,1H3. The molecule has 34 heavy (non-hydrogen) atoms. The van der Waals surface area contributed by atoms with E-state index >= 15 is 0 Å². The highest BCUT2D eigenvalue weighted by Crippen LogP contribution is 2.44. The van der Waals surface area contributed by atoms with Gasteiger partial charge in [0.1, 0.15) is 23.1 Å². The average Bonchev–Trinajstić information content (AvgIpc) is 3.11. The summed E-state index contributed by atoms with van der Waals surface area (Å²) in [5.41, 5.74) is 1.47. The Kier molecular flexibility index (Phi) is 6.87. The second-order valence-corrected chi connectivity index (χ2v) is 8.13. The summed E-state index contributed by atoms with van der Waals surface area (Å²) < 4.78 is 11.6. The number of nitriles is 2. The first-order valence-corrected chi connectivity index (χ1v) is 11.2. The van der Waals surface area contributed by atoms with Crippen LogP contribution in [-0.4, -0.2) is 25.8 Å². The number of hydrogen-bond acceptors (Lipinski definition) is 5. The lowest BCUT2D eigenvalue weighted by atomic mass is 9.72. The zero-order chi connectivity index (χ0) is 24.0. The maximum Gasteiger partial charge on any atom is 0.319 e. The van der Waals surface area contributed by atoms with Crippen LogP contribution in [0.25, 0.3) is 21.9 Å². The molecule has 1 heterocycles. The summed E-state index contributed by atoms with van der Waals surface area (Å²) in [4.78, 5) is 13.5. The quantitative estimate of drug-likeness (QED) is 0.370. The van der Waals surface area contributed by atoms with E-state index in [9.17, 15) is 15.3 Å². The molecule has 0 spiro atoms. The number of benzene rings is 3. The average molecular weight is 449 g/mol. The molecular weight excluding hydrogens is 424 g/mol. The minimum absolute atomic E-state index is 0.00347. The molecule has 168 valence electrons. The molecule has 1 atom stereocenters. The Bertz CT molecular complexity index is 1340. The summed E-state index contributed by atoms with van der Waals surface area (Å²) in [5, 5.41) is 21.8. The first-order valence-electron chi connectivity index (χ1n) is 11.2. The number of carbonyl (C=O) groups excluding carboxylic acids is 1. The Morgan fingerprint density at radius 2 is 1.71 bits per heavy atom. The van der Waals surface area contributed by atoms with Gasteiger partial charge in [0, 0.05) is 5.57 Å². The van der Waals surface area contributed by atoms with Crippen molar-refractivity contribution >= 4 is 27.9 Å². The van der Waals surface area contributed by atoms with E-state index in [1.807, 2.05) is 54.6 Å². The van der Waals surface area contributed by atoms with Gasteiger partial charge in [-0.05, 0) is 46.9 Å². The maximum absolute atomic E-state index is 13.5. The molecule has 1 aliphatic rings. The van der Waals surface area contributed by atoms with Gasteiger partial charge in [-0.1, -0.05) is 72.8 Å². The smallest absolute Gasteiger partial charge is 0.319 e. The lowest BCUT2D eigenvalue weighted by Gasteiger charge is -2.32. The van der Waals surface area contributed by atoms with Crippen molar-refractivity contribution in [3.05, 3.63) is 95.6 Å². The highest BCUT2D eigenvalue weighted by Gasteiger charge is 2.46. The van der Waals surface area contributed by atoms with Crippen LogP contribution in [0.3, 0.4) is 0 Å². The van der Waals surface area contributed by atoms with E-state index < -0.39 is 11.4 Å². The predicted octanol–water partition coefficient (Wildman–Crippen LogP) is 5.69. The second kappa shape index (κ2) is 10.2. The predicted molar refractivity (Wildman–Crippen MR) is 131 cm³/mol. The Balaban J connectivity index is 1.86. The largest absolute Gasteiger partial charge is 0.465 e. The number of ether oxygens (including phenoxy) is 2. The number of nitrogens with zero attached hydrogens (tertiary/aromatic N) is 2. The van der Waals surface area contributed by atoms with Gasteiger partial charge in [0.15, 0.2) is 0 Å². The minimum atomic E-state index is -1.32. The molecule has 0 bridgehead atoms. The van der Waals surface area contributed by atoms with Crippen LogP contribution in [0, 0.1) is 28.1 Å². The van der Waals surface area contributed by atoms with Gasteiger partial charge in [0.05, 0.1) is 19.8 Å². The normalized spacial score (nSPS) is 17.6. The molecule has 4 rings (SSSR count). The third-order valence-electron chi connectivity index (χ3n) is 6.10. The van der Waals surface area contributed by atoms with E-state index in [0.717, 1.165) is 21.9 Å². The van der Waals surface area contributed by atoms with Crippen molar-refractivity contribution < 1.29 is 14.3 Å². The zero-order valence-electron chi connectivity index (χ0n) is 19.0. The van der Waals surface area contributed by atoms with Crippen LogP contribution in [0.1, 0.15) is 24.5 Å². The van der Waals surface area contributed by atoms with E-state index in [2.05, 4.69) is 24.3 Å². The summed E-state index contributed by atoms with van der Waals surface area (Å²) in [6.45, 7) is 2.21. The topological polar surface area (TPSA) is 83.1 Å². The van der Waals surface area contributed by atoms with Crippen LogP contribution in [0.4, 0.5) is 0 Å². The van der Waals surface area contributed by atoms with E-state index in [4.69, 9.17) is 9.47 Å². The Hall–Kier alpha value is -4.19. The molecule has 1 aliphatic heterocycles. The van der Waals surface area contributed by atoms with Gasteiger partial charge in [-0.15, -0.1) is 0 Å². The first-order chi connectivity index (χ1) is 16.6. The van der Waals surface area contributed by atoms with Crippen molar-refractivity contribution in [2.45, 2.75) is 13.3 Å². The molecule has 0 saturated carbocycles. The van der Waals surface area contributed by atoms with Gasteiger partial charge in [0.25, 0.3) is 0 Å². The summed E-state index contributed by atoms with van der Waals surface area (Å²) in [7, 11) is 0. The van der Waals surface area contributed by atoms with Crippen molar-refractivity contribution in [3.63, 3.8) is 0 Å². The number of fused-ring (bicyclic) bond motifs is 1. The fraction of sp³-hybridized carbons (Fsp3) is 0.207. The molecule has 3 aromatic rings. The van der Waals surface area contributed by atoms with Crippen LogP contribution >= 0.6 is 0 Å². The fourth-order valence-electron chi connectivity index (χ4n) is 4.43. The Morgan fingerprint density at radius 1 is 1.00 bits per heavy atom. The molecular formula is C29H24N2O3. The molecule has 0 aromatic heterocycles. The highest BCUT2D eigenvalue weighted by atomic mass is 16.5. The maximum atomic E-state index is 13.5. The minimum Gasteiger partial charge on any atom is -0.465 e. The van der Waals surface area contributed by atoms with Gasteiger partial charge in [0.2, 0.25) is 0 Å². The molecule has 0 saturated heterocycles. The second-order valence-electron chi connectivity index (χ2n) is 8.13. The van der Waals surface area contributed by atoms with Crippen molar-refractivity contribution in [1.29, 1.82) is 10.5 Å². The van der Waals surface area contributed by atoms with Crippen LogP contribution in [0.5, 0.6) is 0 Å². The van der Waals surface area contributed by atoms with Crippen molar-refractivity contribution in [2.24, 2.45) is 5.41 Å².